The number of alkyl carbamates (subject to hydrolysis) is 1. The summed E-state index contributed by atoms with van der Waals surface area (Å²) in [6.07, 6.45) is 0.499. The number of carboxylic acids is 1. The van der Waals surface area contributed by atoms with Gasteiger partial charge in [0.05, 0.1) is 11.0 Å². The Kier molecular flexibility index (Phi) is 1.42. The second-order valence-corrected chi connectivity index (χ2v) is 7.17. The molecule has 5 fully saturated rings. The van der Waals surface area contributed by atoms with Gasteiger partial charge in [-0.2, -0.15) is 0 Å². The first-order valence-electron chi connectivity index (χ1n) is 6.51. The maximum atomic E-state index is 11.9. The molecule has 5 rings (SSSR count). The van der Waals surface area contributed by atoms with Crippen LogP contribution in [0.15, 0.2) is 0 Å². The fourth-order valence-corrected chi connectivity index (χ4v) is 5.28. The van der Waals surface area contributed by atoms with Gasteiger partial charge in [0.2, 0.25) is 0 Å². The van der Waals surface area contributed by atoms with Gasteiger partial charge in [-0.05, 0) is 50.9 Å². The third kappa shape index (κ3) is 0.780. The summed E-state index contributed by atoms with van der Waals surface area (Å²) in [5.74, 6) is 0.696. The minimum Gasteiger partial charge on any atom is -0.481 e. The van der Waals surface area contributed by atoms with Gasteiger partial charge in [0.15, 0.2) is 0 Å². The smallest absolute Gasteiger partial charge is 0.408 e. The van der Waals surface area contributed by atoms with Crippen molar-refractivity contribution in [1.82, 2.24) is 5.32 Å². The van der Waals surface area contributed by atoms with Gasteiger partial charge in [0.1, 0.15) is 5.60 Å². The van der Waals surface area contributed by atoms with E-state index in [0.717, 1.165) is 6.42 Å². The predicted octanol–water partition coefficient (Wildman–Crippen LogP) is 1.23. The molecule has 5 nitrogen and oxygen atoms in total. The molecule has 6 atom stereocenters. The Hall–Kier alpha value is -1.26. The average Bonchev–Trinajstić information content (AvgIpc) is 2.77. The number of hydrogen-bond donors (Lipinski definition) is 2. The average molecular weight is 251 g/mol. The molecule has 0 aromatic rings. The van der Waals surface area contributed by atoms with Gasteiger partial charge in [0.25, 0.3) is 0 Å². The molecule has 0 spiro atoms. The Morgan fingerprint density at radius 3 is 2.39 bits per heavy atom. The maximum absolute atomic E-state index is 11.9. The van der Waals surface area contributed by atoms with E-state index in [1.165, 1.54) is 0 Å². The predicted molar refractivity (Wildman–Crippen MR) is 60.7 cm³/mol. The van der Waals surface area contributed by atoms with E-state index < -0.39 is 28.6 Å². The van der Waals surface area contributed by atoms with Gasteiger partial charge >= 0.3 is 12.1 Å². The van der Waals surface area contributed by atoms with Crippen molar-refractivity contribution < 1.29 is 19.4 Å². The number of aliphatic carboxylic acids is 1. The minimum atomic E-state index is -0.732. The third-order valence-electron chi connectivity index (χ3n) is 5.51. The number of hydrogen-bond acceptors (Lipinski definition) is 3. The highest BCUT2D eigenvalue weighted by atomic mass is 16.6. The molecular formula is C13H17NO4. The largest absolute Gasteiger partial charge is 0.481 e. The third-order valence-corrected chi connectivity index (χ3v) is 5.51. The Balaban J connectivity index is 1.55. The van der Waals surface area contributed by atoms with Crippen molar-refractivity contribution in [2.45, 2.75) is 38.3 Å². The SMILES string of the molecule is CC(C)(C)OC(=O)N[C@@]12[C@@H]3[C@H]4[C@H](C[C@@H]31)[C@@]42C(=O)O. The summed E-state index contributed by atoms with van der Waals surface area (Å²) in [5, 5.41) is 12.3. The zero-order chi connectivity index (χ0) is 13.1. The first-order valence-corrected chi connectivity index (χ1v) is 6.51. The van der Waals surface area contributed by atoms with Crippen molar-refractivity contribution in [3.63, 3.8) is 0 Å². The number of carbonyl (C=O) groups excluding carboxylic acids is 1. The molecule has 2 N–H and O–H groups in total. The minimum absolute atomic E-state index is 0.305. The van der Waals surface area contributed by atoms with Gasteiger partial charge in [-0.3, -0.25) is 4.79 Å². The molecular weight excluding hydrogens is 234 g/mol. The molecule has 0 aromatic carbocycles. The lowest BCUT2D eigenvalue weighted by molar-refractivity contribution is -0.148. The highest BCUT2D eigenvalue weighted by Crippen LogP contribution is 3.00. The van der Waals surface area contributed by atoms with Crippen LogP contribution in [-0.2, 0) is 9.53 Å². The van der Waals surface area contributed by atoms with Crippen molar-refractivity contribution in [2.24, 2.45) is 29.1 Å². The van der Waals surface area contributed by atoms with Gasteiger partial charge in [-0.15, -0.1) is 0 Å². The van der Waals surface area contributed by atoms with Crippen molar-refractivity contribution in [2.75, 3.05) is 0 Å². The molecule has 5 heteroatoms. The molecule has 0 saturated heterocycles. The van der Waals surface area contributed by atoms with Crippen molar-refractivity contribution in [3.05, 3.63) is 0 Å². The fraction of sp³-hybridized carbons (Fsp3) is 0.846. The number of ether oxygens (including phenoxy) is 1. The molecule has 5 aliphatic rings. The molecule has 0 aliphatic heterocycles. The molecule has 2 bridgehead atoms. The number of carboxylic acid groups (broad SMARTS) is 1. The van der Waals surface area contributed by atoms with Crippen molar-refractivity contribution >= 4 is 12.1 Å². The molecule has 18 heavy (non-hydrogen) atoms. The van der Waals surface area contributed by atoms with Crippen molar-refractivity contribution in [3.8, 4) is 0 Å². The standard InChI is InChI=1S/C13H17NO4/c1-11(2,3)18-10(17)14-13-6-4-5-7(8(6)13)12(5,13)9(15)16/h5-8H,4H2,1-3H3,(H,14,17)(H,15,16)/t5-,6-,7+,8-,12-,13+/m0/s1. The Labute approximate surface area is 105 Å². The first kappa shape index (κ1) is 10.6. The molecule has 0 aromatic heterocycles. The quantitative estimate of drug-likeness (QED) is 0.774. The van der Waals surface area contributed by atoms with Crippen LogP contribution in [0.5, 0.6) is 0 Å². The molecule has 0 radical (unpaired) electrons. The van der Waals surface area contributed by atoms with Gasteiger partial charge in [-0.25, -0.2) is 4.79 Å². The van der Waals surface area contributed by atoms with E-state index in [1.54, 1.807) is 0 Å². The Morgan fingerprint density at radius 2 is 1.94 bits per heavy atom. The maximum Gasteiger partial charge on any atom is 0.408 e. The van der Waals surface area contributed by atoms with E-state index in [4.69, 9.17) is 4.74 Å². The van der Waals surface area contributed by atoms with Crippen LogP contribution in [0.3, 0.4) is 0 Å². The summed E-state index contributed by atoms with van der Waals surface area (Å²) < 4.78 is 5.25. The van der Waals surface area contributed by atoms with Gasteiger partial charge < -0.3 is 15.2 Å². The highest BCUT2D eigenvalue weighted by Gasteiger charge is 3.07. The van der Waals surface area contributed by atoms with Gasteiger partial charge in [-0.1, -0.05) is 0 Å². The monoisotopic (exact) mass is 251 g/mol. The molecule has 5 aliphatic carbocycles. The molecule has 0 unspecified atom stereocenters. The summed E-state index contributed by atoms with van der Waals surface area (Å²) in [6.45, 7) is 5.42. The van der Waals surface area contributed by atoms with Crippen molar-refractivity contribution in [1.29, 1.82) is 0 Å². The van der Waals surface area contributed by atoms with E-state index in [-0.39, 0.29) is 0 Å². The van der Waals surface area contributed by atoms with E-state index >= 15 is 0 Å². The topological polar surface area (TPSA) is 75.6 Å². The van der Waals surface area contributed by atoms with Crippen LogP contribution in [0.1, 0.15) is 27.2 Å². The summed E-state index contributed by atoms with van der Waals surface area (Å²) in [6, 6.07) is 0. The summed E-state index contributed by atoms with van der Waals surface area (Å²) in [7, 11) is 0. The molecule has 1 amide bonds. The number of amides is 1. The van der Waals surface area contributed by atoms with E-state index in [0.29, 0.717) is 23.7 Å². The number of carbonyl (C=O) groups is 2. The van der Waals surface area contributed by atoms with Crippen LogP contribution in [0, 0.1) is 29.1 Å². The van der Waals surface area contributed by atoms with Crippen LogP contribution in [-0.4, -0.2) is 28.3 Å². The normalized spacial score (nSPS) is 53.1. The van der Waals surface area contributed by atoms with E-state index in [1.807, 2.05) is 20.8 Å². The van der Waals surface area contributed by atoms with Crippen LogP contribution in [0.4, 0.5) is 4.79 Å². The fourth-order valence-electron chi connectivity index (χ4n) is 5.28. The Morgan fingerprint density at radius 1 is 1.28 bits per heavy atom. The van der Waals surface area contributed by atoms with Crippen LogP contribution >= 0.6 is 0 Å². The second-order valence-electron chi connectivity index (χ2n) is 7.17. The number of rotatable bonds is 2. The lowest BCUT2D eigenvalue weighted by Gasteiger charge is -2.34. The number of nitrogens with one attached hydrogen (secondary N) is 1. The first-order chi connectivity index (χ1) is 8.27. The van der Waals surface area contributed by atoms with Crippen LogP contribution in [0.25, 0.3) is 0 Å². The van der Waals surface area contributed by atoms with Crippen LogP contribution < -0.4 is 5.32 Å². The summed E-state index contributed by atoms with van der Waals surface area (Å²) >= 11 is 0. The summed E-state index contributed by atoms with van der Waals surface area (Å²) in [4.78, 5) is 23.4. The van der Waals surface area contributed by atoms with Crippen LogP contribution in [0.2, 0.25) is 0 Å². The molecule has 98 valence electrons. The zero-order valence-electron chi connectivity index (χ0n) is 10.7. The van der Waals surface area contributed by atoms with E-state index in [2.05, 4.69) is 5.32 Å². The Bertz CT molecular complexity index is 484. The lowest BCUT2D eigenvalue weighted by Crippen LogP contribution is -2.56. The molecule has 5 saturated carbocycles. The van der Waals surface area contributed by atoms with E-state index in [9.17, 15) is 14.7 Å². The van der Waals surface area contributed by atoms with Gasteiger partial charge in [0, 0.05) is 0 Å². The zero-order valence-corrected chi connectivity index (χ0v) is 10.7. The summed E-state index contributed by atoms with van der Waals surface area (Å²) in [5.41, 5.74) is -1.65. The second kappa shape index (κ2) is 2.40. The lowest BCUT2D eigenvalue weighted by atomic mass is 9.78. The highest BCUT2D eigenvalue weighted by molar-refractivity contribution is 5.91. The molecule has 0 heterocycles.